The summed E-state index contributed by atoms with van der Waals surface area (Å²) in [7, 11) is -3.70. The first-order valence-electron chi connectivity index (χ1n) is 7.40. The summed E-state index contributed by atoms with van der Waals surface area (Å²) in [4.78, 5) is 8.21. The van der Waals surface area contributed by atoms with E-state index >= 15 is 0 Å². The van der Waals surface area contributed by atoms with Crippen LogP contribution in [-0.4, -0.2) is 18.4 Å². The third-order valence-electron chi connectivity index (χ3n) is 3.37. The predicted octanol–water partition coefficient (Wildman–Crippen LogP) is 3.54. The maximum absolute atomic E-state index is 12.3. The number of pyridine rings is 2. The smallest absolute Gasteiger partial charge is 0.263 e. The van der Waals surface area contributed by atoms with Gasteiger partial charge in [-0.05, 0) is 54.1 Å². The van der Waals surface area contributed by atoms with E-state index in [0.717, 1.165) is 11.3 Å². The molecule has 0 aliphatic rings. The van der Waals surface area contributed by atoms with Gasteiger partial charge in [-0.2, -0.15) is 0 Å². The minimum absolute atomic E-state index is 0.124. The molecule has 0 saturated heterocycles. The highest BCUT2D eigenvalue weighted by molar-refractivity contribution is 7.92. The van der Waals surface area contributed by atoms with Crippen molar-refractivity contribution in [3.8, 4) is 0 Å². The number of aromatic nitrogens is 2. The number of hydrogen-bond donors (Lipinski definition) is 2. The van der Waals surface area contributed by atoms with Crippen molar-refractivity contribution < 1.29 is 8.42 Å². The number of benzene rings is 1. The van der Waals surface area contributed by atoms with E-state index in [4.69, 9.17) is 11.6 Å². The van der Waals surface area contributed by atoms with Gasteiger partial charge in [0.25, 0.3) is 10.0 Å². The average molecular weight is 375 g/mol. The van der Waals surface area contributed by atoms with E-state index in [-0.39, 0.29) is 10.7 Å². The first kappa shape index (κ1) is 17.2. The van der Waals surface area contributed by atoms with Crippen LogP contribution in [-0.2, 0) is 16.6 Å². The second kappa shape index (κ2) is 7.50. The normalized spacial score (nSPS) is 11.1. The Morgan fingerprint density at radius 2 is 1.68 bits per heavy atom. The zero-order valence-electron chi connectivity index (χ0n) is 13.1. The molecule has 0 saturated carbocycles. The van der Waals surface area contributed by atoms with Crippen LogP contribution in [0.3, 0.4) is 0 Å². The van der Waals surface area contributed by atoms with Crippen LogP contribution in [0.1, 0.15) is 5.56 Å². The van der Waals surface area contributed by atoms with Gasteiger partial charge in [0.1, 0.15) is 5.82 Å². The Bertz CT molecular complexity index is 931. The lowest BCUT2D eigenvalue weighted by Gasteiger charge is -2.09. The molecule has 3 rings (SSSR count). The van der Waals surface area contributed by atoms with Crippen molar-refractivity contribution in [3.05, 3.63) is 77.7 Å². The molecule has 0 radical (unpaired) electrons. The summed E-state index contributed by atoms with van der Waals surface area (Å²) in [6.45, 7) is 0.625. The highest BCUT2D eigenvalue weighted by Gasteiger charge is 2.14. The monoisotopic (exact) mass is 374 g/mol. The molecule has 128 valence electrons. The maximum atomic E-state index is 12.3. The van der Waals surface area contributed by atoms with Crippen molar-refractivity contribution >= 4 is 33.1 Å². The first-order chi connectivity index (χ1) is 12.0. The van der Waals surface area contributed by atoms with Gasteiger partial charge in [-0.3, -0.25) is 9.71 Å². The van der Waals surface area contributed by atoms with E-state index in [1.807, 2.05) is 12.1 Å². The molecule has 1 aromatic carbocycles. The second-order valence-corrected chi connectivity index (χ2v) is 7.32. The Hall–Kier alpha value is -2.64. The third kappa shape index (κ3) is 4.68. The molecule has 2 N–H and O–H groups in total. The zero-order valence-corrected chi connectivity index (χ0v) is 14.6. The molecular formula is C17H15ClN4O2S. The van der Waals surface area contributed by atoms with E-state index in [1.54, 1.807) is 30.7 Å². The summed E-state index contributed by atoms with van der Waals surface area (Å²) in [5.74, 6) is 0.240. The maximum Gasteiger partial charge on any atom is 0.263 e. The van der Waals surface area contributed by atoms with Gasteiger partial charge in [0.15, 0.2) is 0 Å². The molecule has 0 atom stereocenters. The summed E-state index contributed by atoms with van der Waals surface area (Å²) >= 11 is 5.78. The fourth-order valence-electron chi connectivity index (χ4n) is 2.07. The molecule has 6 nitrogen and oxygen atoms in total. The van der Waals surface area contributed by atoms with Crippen molar-refractivity contribution in [1.82, 2.24) is 9.97 Å². The van der Waals surface area contributed by atoms with E-state index < -0.39 is 10.0 Å². The number of rotatable bonds is 6. The van der Waals surface area contributed by atoms with Crippen LogP contribution < -0.4 is 10.0 Å². The SMILES string of the molecule is O=S(=O)(Nc1ccc(NCc2ccncc2)cn1)c1ccc(Cl)cc1. The molecule has 0 bridgehead atoms. The van der Waals surface area contributed by atoms with Crippen LogP contribution >= 0.6 is 11.6 Å². The second-order valence-electron chi connectivity index (χ2n) is 5.20. The van der Waals surface area contributed by atoms with Crippen LogP contribution in [0.25, 0.3) is 0 Å². The number of sulfonamides is 1. The molecule has 0 spiro atoms. The van der Waals surface area contributed by atoms with Gasteiger partial charge in [0, 0.05) is 24.0 Å². The summed E-state index contributed by atoms with van der Waals surface area (Å²) in [6, 6.07) is 13.1. The number of anilines is 2. The van der Waals surface area contributed by atoms with Crippen molar-refractivity contribution in [2.75, 3.05) is 10.0 Å². The number of hydrogen-bond acceptors (Lipinski definition) is 5. The quantitative estimate of drug-likeness (QED) is 0.689. The summed E-state index contributed by atoms with van der Waals surface area (Å²) < 4.78 is 27.0. The summed E-state index contributed by atoms with van der Waals surface area (Å²) in [5.41, 5.74) is 1.87. The van der Waals surface area contributed by atoms with Gasteiger partial charge >= 0.3 is 0 Å². The summed E-state index contributed by atoms with van der Waals surface area (Å²) in [6.07, 6.45) is 5.02. The highest BCUT2D eigenvalue weighted by atomic mass is 35.5. The van der Waals surface area contributed by atoms with Crippen molar-refractivity contribution in [2.45, 2.75) is 11.4 Å². The minimum Gasteiger partial charge on any atom is -0.380 e. The summed E-state index contributed by atoms with van der Waals surface area (Å²) in [5, 5.41) is 3.68. The van der Waals surface area contributed by atoms with Crippen molar-refractivity contribution in [1.29, 1.82) is 0 Å². The van der Waals surface area contributed by atoms with Gasteiger partial charge in [0.05, 0.1) is 16.8 Å². The van der Waals surface area contributed by atoms with Gasteiger partial charge in [0.2, 0.25) is 0 Å². The molecule has 0 unspecified atom stereocenters. The molecule has 0 fully saturated rings. The Morgan fingerprint density at radius 3 is 2.32 bits per heavy atom. The van der Waals surface area contributed by atoms with E-state index in [0.29, 0.717) is 11.6 Å². The Morgan fingerprint density at radius 1 is 0.960 bits per heavy atom. The highest BCUT2D eigenvalue weighted by Crippen LogP contribution is 2.18. The molecule has 25 heavy (non-hydrogen) atoms. The van der Waals surface area contributed by atoms with E-state index in [2.05, 4.69) is 20.0 Å². The fourth-order valence-corrected chi connectivity index (χ4v) is 3.21. The lowest BCUT2D eigenvalue weighted by molar-refractivity contribution is 0.601. The molecule has 8 heteroatoms. The number of halogens is 1. The minimum atomic E-state index is -3.70. The molecule has 0 aliphatic carbocycles. The molecular weight excluding hydrogens is 360 g/mol. The van der Waals surface area contributed by atoms with Crippen LogP contribution in [0.5, 0.6) is 0 Å². The zero-order chi connectivity index (χ0) is 17.7. The van der Waals surface area contributed by atoms with Gasteiger partial charge in [-0.25, -0.2) is 13.4 Å². The number of nitrogens with zero attached hydrogens (tertiary/aromatic N) is 2. The van der Waals surface area contributed by atoms with E-state index in [9.17, 15) is 8.42 Å². The molecule has 0 amide bonds. The van der Waals surface area contributed by atoms with Crippen LogP contribution in [0.15, 0.2) is 72.0 Å². The first-order valence-corrected chi connectivity index (χ1v) is 9.26. The molecule has 3 aromatic rings. The number of nitrogens with one attached hydrogen (secondary N) is 2. The standard InChI is InChI=1S/C17H15ClN4O2S/c18-14-1-4-16(5-2-14)25(23,24)22-17-6-3-15(12-21-17)20-11-13-7-9-19-10-8-13/h1-10,12,20H,11H2,(H,21,22). The lowest BCUT2D eigenvalue weighted by Crippen LogP contribution is -2.13. The fraction of sp³-hybridized carbons (Fsp3) is 0.0588. The molecule has 0 aliphatic heterocycles. The van der Waals surface area contributed by atoms with Crippen LogP contribution in [0, 0.1) is 0 Å². The average Bonchev–Trinajstić information content (AvgIpc) is 2.62. The van der Waals surface area contributed by atoms with Crippen LogP contribution in [0.2, 0.25) is 5.02 Å². The van der Waals surface area contributed by atoms with Crippen LogP contribution in [0.4, 0.5) is 11.5 Å². The third-order valence-corrected chi connectivity index (χ3v) is 4.99. The van der Waals surface area contributed by atoms with Gasteiger partial charge < -0.3 is 5.32 Å². The van der Waals surface area contributed by atoms with Crippen molar-refractivity contribution in [3.63, 3.8) is 0 Å². The topological polar surface area (TPSA) is 84.0 Å². The predicted molar refractivity (Wildman–Crippen MR) is 98.1 cm³/mol. The Labute approximate surface area is 151 Å². The van der Waals surface area contributed by atoms with Crippen molar-refractivity contribution in [2.24, 2.45) is 0 Å². The van der Waals surface area contributed by atoms with Gasteiger partial charge in [-0.15, -0.1) is 0 Å². The Kier molecular flexibility index (Phi) is 5.16. The van der Waals surface area contributed by atoms with Gasteiger partial charge in [-0.1, -0.05) is 11.6 Å². The lowest BCUT2D eigenvalue weighted by atomic mass is 10.2. The Balaban J connectivity index is 1.65. The molecule has 2 heterocycles. The molecule has 2 aromatic heterocycles. The van der Waals surface area contributed by atoms with E-state index in [1.165, 1.54) is 24.3 Å². The largest absolute Gasteiger partial charge is 0.380 e.